The lowest BCUT2D eigenvalue weighted by molar-refractivity contribution is 0.102. The first kappa shape index (κ1) is 16.0. The maximum Gasteiger partial charge on any atom is 0.261 e. The van der Waals surface area contributed by atoms with E-state index in [0.29, 0.717) is 34.0 Å². The predicted octanol–water partition coefficient (Wildman–Crippen LogP) is 2.64. The van der Waals surface area contributed by atoms with Crippen molar-refractivity contribution in [2.24, 2.45) is 0 Å². The molecule has 3 aromatic rings. The minimum Gasteiger partial charge on any atom is -0.351 e. The van der Waals surface area contributed by atoms with Crippen LogP contribution in [0.5, 0.6) is 0 Å². The molecule has 0 unspecified atom stereocenters. The van der Waals surface area contributed by atoms with Gasteiger partial charge in [0, 0.05) is 42.1 Å². The first-order valence-electron chi connectivity index (χ1n) is 8.56. The number of aromatic nitrogens is 3. The molecule has 0 saturated carbocycles. The third-order valence-electron chi connectivity index (χ3n) is 5.10. The molecule has 6 heterocycles. The Morgan fingerprint density at radius 3 is 3.00 bits per heavy atom. The van der Waals surface area contributed by atoms with Crippen LogP contribution in [0.4, 0.5) is 11.5 Å². The number of thiophene rings is 1. The SMILES string of the molecule is O=C(Nc1cscc1Cl)c1cnn2ccc(N3C[C@@H]4CC[C@H]3CN4)nc12. The van der Waals surface area contributed by atoms with Gasteiger partial charge in [-0.25, -0.2) is 9.50 Å². The van der Waals surface area contributed by atoms with Crippen LogP contribution < -0.4 is 15.5 Å². The van der Waals surface area contributed by atoms with Gasteiger partial charge >= 0.3 is 0 Å². The Kier molecular flexibility index (Phi) is 3.84. The summed E-state index contributed by atoms with van der Waals surface area (Å²) in [7, 11) is 0. The molecule has 26 heavy (non-hydrogen) atoms. The Hall–Kier alpha value is -2.16. The summed E-state index contributed by atoms with van der Waals surface area (Å²) < 4.78 is 1.63. The van der Waals surface area contributed by atoms with E-state index in [2.05, 4.69) is 20.6 Å². The fourth-order valence-corrected chi connectivity index (χ4v) is 4.69. The summed E-state index contributed by atoms with van der Waals surface area (Å²) in [4.78, 5) is 19.8. The number of nitrogens with one attached hydrogen (secondary N) is 2. The maximum atomic E-state index is 12.7. The molecule has 9 heteroatoms. The lowest BCUT2D eigenvalue weighted by Gasteiger charge is -2.46. The molecule has 3 saturated heterocycles. The lowest BCUT2D eigenvalue weighted by Crippen LogP contribution is -2.61. The monoisotopic (exact) mass is 388 g/mol. The van der Waals surface area contributed by atoms with Crippen LogP contribution in [0.1, 0.15) is 23.2 Å². The van der Waals surface area contributed by atoms with E-state index in [4.69, 9.17) is 16.6 Å². The Labute approximate surface area is 159 Å². The fraction of sp³-hybridized carbons (Fsp3) is 0.353. The molecule has 2 bridgehead atoms. The van der Waals surface area contributed by atoms with Crippen molar-refractivity contribution in [1.82, 2.24) is 19.9 Å². The number of piperazine rings is 1. The van der Waals surface area contributed by atoms with Gasteiger partial charge in [-0.2, -0.15) is 5.10 Å². The molecule has 7 nitrogen and oxygen atoms in total. The zero-order valence-electron chi connectivity index (χ0n) is 13.9. The maximum absolute atomic E-state index is 12.7. The normalized spacial score (nSPS) is 22.1. The van der Waals surface area contributed by atoms with Crippen LogP contribution in [0.2, 0.25) is 5.02 Å². The summed E-state index contributed by atoms with van der Waals surface area (Å²) >= 11 is 7.51. The molecule has 6 rings (SSSR count). The third-order valence-corrected chi connectivity index (χ3v) is 6.29. The lowest BCUT2D eigenvalue weighted by atomic mass is 9.93. The second kappa shape index (κ2) is 6.22. The highest BCUT2D eigenvalue weighted by molar-refractivity contribution is 7.09. The third kappa shape index (κ3) is 2.65. The molecule has 1 amide bonds. The number of hydrogen-bond acceptors (Lipinski definition) is 6. The number of nitrogens with zero attached hydrogens (tertiary/aromatic N) is 4. The van der Waals surface area contributed by atoms with Crippen molar-refractivity contribution >= 4 is 46.0 Å². The van der Waals surface area contributed by atoms with Crippen molar-refractivity contribution in [2.75, 3.05) is 23.3 Å². The average molecular weight is 389 g/mol. The number of carbonyl (C=O) groups is 1. The van der Waals surface area contributed by atoms with Crippen molar-refractivity contribution in [3.63, 3.8) is 0 Å². The van der Waals surface area contributed by atoms with Gasteiger partial charge in [-0.1, -0.05) is 11.6 Å². The minimum absolute atomic E-state index is 0.258. The van der Waals surface area contributed by atoms with E-state index in [1.807, 2.05) is 17.6 Å². The highest BCUT2D eigenvalue weighted by Crippen LogP contribution is 2.29. The van der Waals surface area contributed by atoms with E-state index in [1.54, 1.807) is 16.1 Å². The molecule has 0 radical (unpaired) electrons. The molecule has 0 aliphatic carbocycles. The summed E-state index contributed by atoms with van der Waals surface area (Å²) in [6, 6.07) is 2.95. The van der Waals surface area contributed by atoms with Gasteiger partial charge in [-0.3, -0.25) is 4.79 Å². The number of carbonyl (C=O) groups excluding carboxylic acids is 1. The number of anilines is 2. The fourth-order valence-electron chi connectivity index (χ4n) is 3.73. The first-order chi connectivity index (χ1) is 12.7. The van der Waals surface area contributed by atoms with E-state index >= 15 is 0 Å². The minimum atomic E-state index is -0.258. The number of halogens is 1. The largest absolute Gasteiger partial charge is 0.351 e. The van der Waals surface area contributed by atoms with Gasteiger partial charge in [0.05, 0.1) is 16.9 Å². The molecule has 3 aromatic heterocycles. The van der Waals surface area contributed by atoms with Crippen molar-refractivity contribution in [2.45, 2.75) is 24.9 Å². The van der Waals surface area contributed by atoms with Crippen molar-refractivity contribution < 1.29 is 4.79 Å². The molecular formula is C17H17ClN6OS. The summed E-state index contributed by atoms with van der Waals surface area (Å²) in [6.45, 7) is 1.94. The smallest absolute Gasteiger partial charge is 0.261 e. The van der Waals surface area contributed by atoms with Crippen molar-refractivity contribution in [1.29, 1.82) is 0 Å². The second-order valence-corrected chi connectivity index (χ2v) is 7.84. The average Bonchev–Trinajstić information content (AvgIpc) is 3.28. The van der Waals surface area contributed by atoms with Crippen LogP contribution >= 0.6 is 22.9 Å². The van der Waals surface area contributed by atoms with Gasteiger partial charge in [0.1, 0.15) is 11.4 Å². The van der Waals surface area contributed by atoms with Gasteiger partial charge in [0.25, 0.3) is 5.91 Å². The topological polar surface area (TPSA) is 74.6 Å². The van der Waals surface area contributed by atoms with Crippen LogP contribution in [0.3, 0.4) is 0 Å². The Balaban J connectivity index is 1.47. The summed E-state index contributed by atoms with van der Waals surface area (Å²) in [5.74, 6) is 0.642. The number of piperidine rings is 2. The van der Waals surface area contributed by atoms with Crippen molar-refractivity contribution in [3.8, 4) is 0 Å². The molecule has 2 atom stereocenters. The predicted molar refractivity (Wildman–Crippen MR) is 102 cm³/mol. The number of amides is 1. The molecule has 3 aliphatic heterocycles. The zero-order valence-corrected chi connectivity index (χ0v) is 15.4. The van der Waals surface area contributed by atoms with Crippen molar-refractivity contribution in [3.05, 3.63) is 39.8 Å². The second-order valence-electron chi connectivity index (χ2n) is 6.69. The van der Waals surface area contributed by atoms with Gasteiger partial charge in [0.15, 0.2) is 5.65 Å². The molecule has 3 aliphatic rings. The van der Waals surface area contributed by atoms with Gasteiger partial charge < -0.3 is 15.5 Å². The molecule has 0 aromatic carbocycles. The number of fused-ring (bicyclic) bond motifs is 4. The van der Waals surface area contributed by atoms with Crippen LogP contribution in [0.25, 0.3) is 5.65 Å². The quantitative estimate of drug-likeness (QED) is 0.721. The standard InChI is InChI=1S/C17H17ClN6OS/c18-13-8-26-9-14(13)21-17(25)12-6-20-24-4-3-15(22-16(12)24)23-7-10-1-2-11(23)5-19-10/h3-4,6,8-11,19H,1-2,5,7H2,(H,21,25)/t10-,11-/m0/s1. The Morgan fingerprint density at radius 2 is 2.31 bits per heavy atom. The zero-order chi connectivity index (χ0) is 17.7. The molecule has 2 N–H and O–H groups in total. The van der Waals surface area contributed by atoms with Crippen LogP contribution in [-0.4, -0.2) is 45.7 Å². The van der Waals surface area contributed by atoms with E-state index in [0.717, 1.165) is 18.9 Å². The van der Waals surface area contributed by atoms with Crippen LogP contribution in [0, 0.1) is 0 Å². The van der Waals surface area contributed by atoms with Crippen LogP contribution in [-0.2, 0) is 0 Å². The summed E-state index contributed by atoms with van der Waals surface area (Å²) in [5.41, 5.74) is 1.60. The summed E-state index contributed by atoms with van der Waals surface area (Å²) in [5, 5.41) is 14.8. The van der Waals surface area contributed by atoms with E-state index < -0.39 is 0 Å². The molecule has 0 spiro atoms. The van der Waals surface area contributed by atoms with E-state index in [1.165, 1.54) is 24.2 Å². The Bertz CT molecular complexity index is 977. The molecule has 134 valence electrons. The van der Waals surface area contributed by atoms with Gasteiger partial charge in [0.2, 0.25) is 0 Å². The van der Waals surface area contributed by atoms with E-state index in [-0.39, 0.29) is 5.91 Å². The van der Waals surface area contributed by atoms with Gasteiger partial charge in [-0.05, 0) is 18.9 Å². The summed E-state index contributed by atoms with van der Waals surface area (Å²) in [6.07, 6.45) is 5.80. The first-order valence-corrected chi connectivity index (χ1v) is 9.88. The highest BCUT2D eigenvalue weighted by atomic mass is 35.5. The number of hydrogen-bond donors (Lipinski definition) is 2. The van der Waals surface area contributed by atoms with Gasteiger partial charge in [-0.15, -0.1) is 11.3 Å². The van der Waals surface area contributed by atoms with E-state index in [9.17, 15) is 4.79 Å². The molecular weight excluding hydrogens is 372 g/mol. The Morgan fingerprint density at radius 1 is 1.38 bits per heavy atom. The molecule has 3 fully saturated rings. The highest BCUT2D eigenvalue weighted by Gasteiger charge is 2.34. The van der Waals surface area contributed by atoms with Crippen LogP contribution in [0.15, 0.2) is 29.2 Å². The number of rotatable bonds is 3.